The molecule has 7 nitrogen and oxygen atoms in total. The molecule has 0 spiro atoms. The summed E-state index contributed by atoms with van der Waals surface area (Å²) in [5, 5.41) is 12.0. The van der Waals surface area contributed by atoms with E-state index in [9.17, 15) is 9.59 Å². The topological polar surface area (TPSA) is 87.5 Å². The number of carbonyl (C=O) groups excluding carboxylic acids is 1. The molecule has 0 aliphatic rings. The summed E-state index contributed by atoms with van der Waals surface area (Å²) >= 11 is 1.16. The van der Waals surface area contributed by atoms with E-state index in [1.807, 2.05) is 4.57 Å². The average molecular weight is 272 g/mol. The third-order valence-corrected chi connectivity index (χ3v) is 3.03. The summed E-state index contributed by atoms with van der Waals surface area (Å²) < 4.78 is 1.81. The van der Waals surface area contributed by atoms with Gasteiger partial charge in [0, 0.05) is 39.6 Å². The molecule has 1 heterocycles. The van der Waals surface area contributed by atoms with Crippen molar-refractivity contribution < 1.29 is 14.7 Å². The number of aliphatic carboxylic acids is 1. The third-order valence-electron chi connectivity index (χ3n) is 2.04. The second kappa shape index (κ2) is 6.90. The molecule has 8 heteroatoms. The van der Waals surface area contributed by atoms with Gasteiger partial charge in [-0.15, -0.1) is 0 Å². The molecule has 0 unspecified atom stereocenters. The summed E-state index contributed by atoms with van der Waals surface area (Å²) in [5.74, 6) is -0.906. The summed E-state index contributed by atoms with van der Waals surface area (Å²) in [6.07, 6.45) is 3.37. The summed E-state index contributed by atoms with van der Waals surface area (Å²) in [6.45, 7) is 1.02. The molecule has 0 aliphatic heterocycles. The van der Waals surface area contributed by atoms with Gasteiger partial charge in [0.1, 0.15) is 0 Å². The SMILES string of the molecule is CN(C)C(=O)NCCn1ccnc1SCC(=O)O. The number of nitrogens with one attached hydrogen (secondary N) is 1. The highest BCUT2D eigenvalue weighted by molar-refractivity contribution is 7.99. The first-order valence-corrected chi connectivity index (χ1v) is 6.30. The molecule has 0 radical (unpaired) electrons. The number of imidazole rings is 1. The van der Waals surface area contributed by atoms with Crippen LogP contribution in [0.25, 0.3) is 0 Å². The number of nitrogens with zero attached hydrogens (tertiary/aromatic N) is 3. The Balaban J connectivity index is 2.40. The monoisotopic (exact) mass is 272 g/mol. The van der Waals surface area contributed by atoms with E-state index < -0.39 is 5.97 Å². The largest absolute Gasteiger partial charge is 0.481 e. The minimum atomic E-state index is -0.879. The summed E-state index contributed by atoms with van der Waals surface area (Å²) in [4.78, 5) is 27.3. The van der Waals surface area contributed by atoms with Gasteiger partial charge in [0.2, 0.25) is 0 Å². The van der Waals surface area contributed by atoms with Crippen LogP contribution in [-0.2, 0) is 11.3 Å². The van der Waals surface area contributed by atoms with Crippen molar-refractivity contribution in [3.63, 3.8) is 0 Å². The Labute approximate surface area is 109 Å². The molecule has 0 aromatic carbocycles. The summed E-state index contributed by atoms with van der Waals surface area (Å²) in [7, 11) is 3.33. The molecule has 0 bridgehead atoms. The van der Waals surface area contributed by atoms with Crippen LogP contribution in [0, 0.1) is 0 Å². The molecule has 100 valence electrons. The van der Waals surface area contributed by atoms with Crippen LogP contribution in [0.1, 0.15) is 0 Å². The number of carbonyl (C=O) groups is 2. The van der Waals surface area contributed by atoms with Gasteiger partial charge < -0.3 is 19.9 Å². The van der Waals surface area contributed by atoms with Gasteiger partial charge in [0.05, 0.1) is 5.75 Å². The standard InChI is InChI=1S/C10H16N4O3S/c1-13(2)9(17)11-3-5-14-6-4-12-10(14)18-7-8(15)16/h4,6H,3,5,7H2,1-2H3,(H,11,17)(H,15,16). The van der Waals surface area contributed by atoms with Gasteiger partial charge in [-0.2, -0.15) is 0 Å². The Kier molecular flexibility index (Phi) is 5.50. The molecule has 0 aliphatic carbocycles. The van der Waals surface area contributed by atoms with E-state index >= 15 is 0 Å². The predicted molar refractivity (Wildman–Crippen MR) is 67.7 cm³/mol. The second-order valence-corrected chi connectivity index (χ2v) is 4.65. The minimum absolute atomic E-state index is 0.0267. The maximum Gasteiger partial charge on any atom is 0.316 e. The van der Waals surface area contributed by atoms with Crippen molar-refractivity contribution in [3.8, 4) is 0 Å². The van der Waals surface area contributed by atoms with Gasteiger partial charge in [0.15, 0.2) is 5.16 Å². The van der Waals surface area contributed by atoms with Crippen molar-refractivity contribution >= 4 is 23.8 Å². The highest BCUT2D eigenvalue weighted by Gasteiger charge is 2.07. The zero-order valence-corrected chi connectivity index (χ0v) is 11.1. The van der Waals surface area contributed by atoms with Gasteiger partial charge in [-0.1, -0.05) is 11.8 Å². The minimum Gasteiger partial charge on any atom is -0.481 e. The Morgan fingerprint density at radius 3 is 2.89 bits per heavy atom. The fourth-order valence-corrected chi connectivity index (χ4v) is 1.88. The number of amides is 2. The third kappa shape index (κ3) is 4.66. The second-order valence-electron chi connectivity index (χ2n) is 3.71. The maximum atomic E-state index is 11.3. The van der Waals surface area contributed by atoms with E-state index in [0.29, 0.717) is 18.2 Å². The van der Waals surface area contributed by atoms with E-state index in [1.54, 1.807) is 26.5 Å². The van der Waals surface area contributed by atoms with Crippen molar-refractivity contribution in [2.75, 3.05) is 26.4 Å². The van der Waals surface area contributed by atoms with E-state index in [-0.39, 0.29) is 11.8 Å². The highest BCUT2D eigenvalue weighted by atomic mass is 32.2. The van der Waals surface area contributed by atoms with Crippen molar-refractivity contribution in [3.05, 3.63) is 12.4 Å². The van der Waals surface area contributed by atoms with E-state index in [1.165, 1.54) is 4.90 Å². The molecule has 0 saturated heterocycles. The van der Waals surface area contributed by atoms with E-state index in [4.69, 9.17) is 5.11 Å². The van der Waals surface area contributed by atoms with Crippen LogP contribution in [0.3, 0.4) is 0 Å². The van der Waals surface area contributed by atoms with Crippen LogP contribution in [0.2, 0.25) is 0 Å². The molecule has 18 heavy (non-hydrogen) atoms. The Morgan fingerprint density at radius 1 is 1.56 bits per heavy atom. The Bertz CT molecular complexity index is 419. The predicted octanol–water partition coefficient (Wildman–Crippen LogP) is 0.331. The molecular formula is C10H16N4O3S. The summed E-state index contributed by atoms with van der Waals surface area (Å²) in [6, 6.07) is -0.158. The van der Waals surface area contributed by atoms with Crippen molar-refractivity contribution in [2.24, 2.45) is 0 Å². The lowest BCUT2D eigenvalue weighted by Gasteiger charge is -2.12. The average Bonchev–Trinajstić information content (AvgIpc) is 2.73. The van der Waals surface area contributed by atoms with Crippen LogP contribution in [0.4, 0.5) is 4.79 Å². The lowest BCUT2D eigenvalue weighted by molar-refractivity contribution is -0.133. The lowest BCUT2D eigenvalue weighted by Crippen LogP contribution is -2.36. The number of aromatic nitrogens is 2. The van der Waals surface area contributed by atoms with Gasteiger partial charge in [-0.25, -0.2) is 9.78 Å². The van der Waals surface area contributed by atoms with Crippen LogP contribution >= 0.6 is 11.8 Å². The van der Waals surface area contributed by atoms with Gasteiger partial charge in [-0.05, 0) is 0 Å². The molecule has 1 aromatic heterocycles. The fourth-order valence-electron chi connectivity index (χ4n) is 1.17. The van der Waals surface area contributed by atoms with Crippen molar-refractivity contribution in [1.82, 2.24) is 19.8 Å². The molecule has 0 atom stereocenters. The van der Waals surface area contributed by atoms with Gasteiger partial charge >= 0.3 is 12.0 Å². The lowest BCUT2D eigenvalue weighted by atomic mass is 10.6. The molecule has 1 rings (SSSR count). The molecule has 2 amide bonds. The van der Waals surface area contributed by atoms with Crippen molar-refractivity contribution in [2.45, 2.75) is 11.7 Å². The number of thioether (sulfide) groups is 1. The van der Waals surface area contributed by atoms with Crippen LogP contribution < -0.4 is 5.32 Å². The zero-order valence-electron chi connectivity index (χ0n) is 10.3. The van der Waals surface area contributed by atoms with Crippen LogP contribution in [0.5, 0.6) is 0 Å². The summed E-state index contributed by atoms with van der Waals surface area (Å²) in [5.41, 5.74) is 0. The first-order valence-electron chi connectivity index (χ1n) is 5.31. The molecule has 1 aromatic rings. The first kappa shape index (κ1) is 14.4. The number of rotatable bonds is 6. The number of hydrogen-bond acceptors (Lipinski definition) is 4. The number of carboxylic acids is 1. The highest BCUT2D eigenvalue weighted by Crippen LogP contribution is 2.14. The van der Waals surface area contributed by atoms with Crippen LogP contribution in [-0.4, -0.2) is 58.0 Å². The molecular weight excluding hydrogens is 256 g/mol. The molecule has 0 fully saturated rings. The quantitative estimate of drug-likeness (QED) is 0.729. The first-order chi connectivity index (χ1) is 8.50. The maximum absolute atomic E-state index is 11.3. The fraction of sp³-hybridized carbons (Fsp3) is 0.500. The molecule has 0 saturated carbocycles. The number of hydrogen-bond donors (Lipinski definition) is 2. The normalized spacial score (nSPS) is 10.1. The smallest absolute Gasteiger partial charge is 0.316 e. The Hall–Kier alpha value is -1.70. The number of carboxylic acid groups (broad SMARTS) is 1. The van der Waals surface area contributed by atoms with Crippen molar-refractivity contribution in [1.29, 1.82) is 0 Å². The van der Waals surface area contributed by atoms with Gasteiger partial charge in [-0.3, -0.25) is 4.79 Å². The zero-order chi connectivity index (χ0) is 13.5. The number of urea groups is 1. The van der Waals surface area contributed by atoms with E-state index in [2.05, 4.69) is 10.3 Å². The Morgan fingerprint density at radius 2 is 2.28 bits per heavy atom. The van der Waals surface area contributed by atoms with E-state index in [0.717, 1.165) is 11.8 Å². The molecule has 2 N–H and O–H groups in total. The van der Waals surface area contributed by atoms with Gasteiger partial charge in [0.25, 0.3) is 0 Å². The van der Waals surface area contributed by atoms with Crippen LogP contribution in [0.15, 0.2) is 17.6 Å².